The summed E-state index contributed by atoms with van der Waals surface area (Å²) in [6, 6.07) is 10.1. The summed E-state index contributed by atoms with van der Waals surface area (Å²) in [6.07, 6.45) is 0.990. The van der Waals surface area contributed by atoms with E-state index in [0.29, 0.717) is 5.92 Å². The van der Waals surface area contributed by atoms with Gasteiger partial charge in [0.25, 0.3) is 0 Å². The zero-order valence-corrected chi connectivity index (χ0v) is 10.9. The number of aliphatic hydroxyl groups excluding tert-OH is 1. The first-order chi connectivity index (χ1) is 8.10. The Hall–Kier alpha value is -1.33. The highest BCUT2D eigenvalue weighted by Gasteiger charge is 2.19. The van der Waals surface area contributed by atoms with E-state index >= 15 is 0 Å². The van der Waals surface area contributed by atoms with E-state index in [0.717, 1.165) is 18.4 Å². The molecule has 17 heavy (non-hydrogen) atoms. The van der Waals surface area contributed by atoms with Gasteiger partial charge in [0.15, 0.2) is 0 Å². The van der Waals surface area contributed by atoms with E-state index in [-0.39, 0.29) is 5.92 Å². The minimum absolute atomic E-state index is 0.301. The van der Waals surface area contributed by atoms with Gasteiger partial charge in [-0.25, -0.2) is 0 Å². The largest absolute Gasteiger partial charge is 0.387 e. The molecule has 0 aromatic heterocycles. The van der Waals surface area contributed by atoms with Gasteiger partial charge in [-0.1, -0.05) is 51.5 Å². The summed E-state index contributed by atoms with van der Waals surface area (Å²) in [5.74, 6) is 0.188. The van der Waals surface area contributed by atoms with Gasteiger partial charge in [-0.15, -0.1) is 0 Å². The van der Waals surface area contributed by atoms with Gasteiger partial charge in [-0.2, -0.15) is 5.26 Å². The maximum absolute atomic E-state index is 10.1. The van der Waals surface area contributed by atoms with E-state index in [4.69, 9.17) is 5.26 Å². The van der Waals surface area contributed by atoms with Crippen molar-refractivity contribution < 1.29 is 5.11 Å². The maximum Gasteiger partial charge on any atom is 0.0948 e. The van der Waals surface area contributed by atoms with Crippen molar-refractivity contribution in [2.75, 3.05) is 0 Å². The van der Waals surface area contributed by atoms with E-state index in [9.17, 15) is 5.11 Å². The molecule has 2 atom stereocenters. The molecule has 2 nitrogen and oxygen atoms in total. The summed E-state index contributed by atoms with van der Waals surface area (Å²) in [5.41, 5.74) is 2.10. The molecule has 0 bridgehead atoms. The number of rotatable bonds is 5. The first kappa shape index (κ1) is 13.7. The molecule has 0 aliphatic rings. The fourth-order valence-electron chi connectivity index (χ4n) is 1.91. The Morgan fingerprint density at radius 2 is 1.71 bits per heavy atom. The van der Waals surface area contributed by atoms with E-state index < -0.39 is 6.10 Å². The fraction of sp³-hybridized carbons (Fsp3) is 0.533. The molecule has 92 valence electrons. The van der Waals surface area contributed by atoms with Crippen LogP contribution in [0.1, 0.15) is 56.8 Å². The molecule has 2 unspecified atom stereocenters. The van der Waals surface area contributed by atoms with Crippen LogP contribution in [0.2, 0.25) is 0 Å². The highest BCUT2D eigenvalue weighted by Crippen LogP contribution is 2.26. The van der Waals surface area contributed by atoms with E-state index in [2.05, 4.69) is 19.9 Å². The lowest BCUT2D eigenvalue weighted by Crippen LogP contribution is -2.10. The van der Waals surface area contributed by atoms with Crippen LogP contribution < -0.4 is 0 Å². The molecule has 0 aliphatic heterocycles. The first-order valence-electron chi connectivity index (χ1n) is 6.27. The van der Waals surface area contributed by atoms with Gasteiger partial charge in [0.05, 0.1) is 18.1 Å². The first-order valence-corrected chi connectivity index (χ1v) is 6.27. The van der Waals surface area contributed by atoms with Crippen molar-refractivity contribution in [2.45, 2.75) is 45.6 Å². The van der Waals surface area contributed by atoms with Crippen LogP contribution >= 0.6 is 0 Å². The van der Waals surface area contributed by atoms with Crippen LogP contribution in [-0.2, 0) is 0 Å². The Morgan fingerprint density at radius 3 is 2.12 bits per heavy atom. The Morgan fingerprint density at radius 1 is 1.18 bits per heavy atom. The van der Waals surface area contributed by atoms with Gasteiger partial charge < -0.3 is 5.11 Å². The predicted molar refractivity (Wildman–Crippen MR) is 69.5 cm³/mol. The summed E-state index contributed by atoms with van der Waals surface area (Å²) in [7, 11) is 0. The summed E-state index contributed by atoms with van der Waals surface area (Å²) in [4.78, 5) is 0. The molecule has 0 saturated carbocycles. The van der Waals surface area contributed by atoms with E-state index in [1.807, 2.05) is 31.2 Å². The quantitative estimate of drug-likeness (QED) is 0.838. The fourth-order valence-corrected chi connectivity index (χ4v) is 1.91. The molecular formula is C15H21NO. The lowest BCUT2D eigenvalue weighted by atomic mass is 9.91. The Labute approximate surface area is 104 Å². The number of hydrogen-bond acceptors (Lipinski definition) is 2. The van der Waals surface area contributed by atoms with Crippen LogP contribution in [0.15, 0.2) is 24.3 Å². The number of nitriles is 1. The topological polar surface area (TPSA) is 44.0 Å². The third-order valence-corrected chi connectivity index (χ3v) is 3.09. The monoisotopic (exact) mass is 231 g/mol. The molecular weight excluding hydrogens is 210 g/mol. The average Bonchev–Trinajstić information content (AvgIpc) is 2.35. The zero-order valence-electron chi connectivity index (χ0n) is 10.9. The molecule has 0 fully saturated rings. The average molecular weight is 231 g/mol. The molecule has 0 heterocycles. The predicted octanol–water partition coefficient (Wildman–Crippen LogP) is 3.78. The van der Waals surface area contributed by atoms with Gasteiger partial charge in [-0.05, 0) is 23.5 Å². The molecule has 1 aromatic carbocycles. The summed E-state index contributed by atoms with van der Waals surface area (Å²) >= 11 is 0. The van der Waals surface area contributed by atoms with Crippen molar-refractivity contribution in [1.82, 2.24) is 0 Å². The second-order valence-corrected chi connectivity index (χ2v) is 4.79. The Bertz CT molecular complexity index is 375. The molecule has 0 radical (unpaired) electrons. The number of nitrogens with zero attached hydrogens (tertiary/aromatic N) is 1. The Kier molecular flexibility index (Phi) is 5.18. The van der Waals surface area contributed by atoms with Crippen LogP contribution in [0.3, 0.4) is 0 Å². The van der Waals surface area contributed by atoms with Gasteiger partial charge in [0.1, 0.15) is 0 Å². The SMILES string of the molecule is CCCC(C#N)C(O)c1ccc(C(C)C)cc1. The highest BCUT2D eigenvalue weighted by atomic mass is 16.3. The second-order valence-electron chi connectivity index (χ2n) is 4.79. The molecule has 1 rings (SSSR count). The molecule has 0 aliphatic carbocycles. The minimum atomic E-state index is -0.666. The molecule has 0 spiro atoms. The summed E-state index contributed by atoms with van der Waals surface area (Å²) in [5, 5.41) is 19.1. The van der Waals surface area contributed by atoms with Gasteiger partial charge in [-0.3, -0.25) is 0 Å². The highest BCUT2D eigenvalue weighted by molar-refractivity contribution is 5.27. The second kappa shape index (κ2) is 6.42. The van der Waals surface area contributed by atoms with Crippen molar-refractivity contribution in [1.29, 1.82) is 5.26 Å². The summed E-state index contributed by atoms with van der Waals surface area (Å²) < 4.78 is 0. The van der Waals surface area contributed by atoms with Gasteiger partial charge in [0.2, 0.25) is 0 Å². The third-order valence-electron chi connectivity index (χ3n) is 3.09. The smallest absolute Gasteiger partial charge is 0.0948 e. The normalized spacial score (nSPS) is 14.4. The maximum atomic E-state index is 10.1. The van der Waals surface area contributed by atoms with Crippen molar-refractivity contribution in [3.8, 4) is 6.07 Å². The van der Waals surface area contributed by atoms with Crippen LogP contribution in [0.4, 0.5) is 0 Å². The van der Waals surface area contributed by atoms with Crippen molar-refractivity contribution >= 4 is 0 Å². The van der Waals surface area contributed by atoms with Crippen LogP contribution in [0.5, 0.6) is 0 Å². The van der Waals surface area contributed by atoms with Crippen molar-refractivity contribution in [3.63, 3.8) is 0 Å². The van der Waals surface area contributed by atoms with Gasteiger partial charge in [0, 0.05) is 0 Å². The Balaban J connectivity index is 2.82. The van der Waals surface area contributed by atoms with Crippen LogP contribution in [0, 0.1) is 17.2 Å². The molecule has 2 heteroatoms. The molecule has 1 aromatic rings. The van der Waals surface area contributed by atoms with E-state index in [1.54, 1.807) is 0 Å². The third kappa shape index (κ3) is 3.57. The van der Waals surface area contributed by atoms with Crippen LogP contribution in [-0.4, -0.2) is 5.11 Å². The molecule has 1 N–H and O–H groups in total. The molecule has 0 saturated heterocycles. The van der Waals surface area contributed by atoms with Gasteiger partial charge >= 0.3 is 0 Å². The lowest BCUT2D eigenvalue weighted by molar-refractivity contribution is 0.130. The van der Waals surface area contributed by atoms with Crippen molar-refractivity contribution in [2.24, 2.45) is 5.92 Å². The van der Waals surface area contributed by atoms with Crippen LogP contribution in [0.25, 0.3) is 0 Å². The number of hydrogen-bond donors (Lipinski definition) is 1. The zero-order chi connectivity index (χ0) is 12.8. The standard InChI is InChI=1S/C15H21NO/c1-4-5-14(10-16)15(17)13-8-6-12(7-9-13)11(2)3/h6-9,11,14-15,17H,4-5H2,1-3H3. The number of aliphatic hydroxyl groups is 1. The molecule has 0 amide bonds. The number of benzene rings is 1. The summed E-state index contributed by atoms with van der Waals surface area (Å²) in [6.45, 7) is 6.31. The minimum Gasteiger partial charge on any atom is -0.387 e. The van der Waals surface area contributed by atoms with Crippen molar-refractivity contribution in [3.05, 3.63) is 35.4 Å². The lowest BCUT2D eigenvalue weighted by Gasteiger charge is -2.17. The van der Waals surface area contributed by atoms with E-state index in [1.165, 1.54) is 5.56 Å².